The van der Waals surface area contributed by atoms with Crippen LogP contribution in [-0.2, 0) is 4.74 Å². The van der Waals surface area contributed by atoms with Gasteiger partial charge in [0.05, 0.1) is 6.10 Å². The van der Waals surface area contributed by atoms with E-state index in [4.69, 9.17) is 4.74 Å². The lowest BCUT2D eigenvalue weighted by molar-refractivity contribution is -0.0267. The lowest BCUT2D eigenvalue weighted by atomic mass is 9.78. The van der Waals surface area contributed by atoms with Crippen LogP contribution in [0.25, 0.3) is 0 Å². The number of ether oxygens (including phenoxy) is 1. The Bertz CT molecular complexity index is 282. The van der Waals surface area contributed by atoms with E-state index in [2.05, 4.69) is 17.1 Å². The van der Waals surface area contributed by atoms with Crippen LogP contribution in [0.5, 0.6) is 0 Å². The second-order valence-corrected chi connectivity index (χ2v) is 6.81. The van der Waals surface area contributed by atoms with Crippen LogP contribution in [0.4, 0.5) is 0 Å². The number of nitrogens with one attached hydrogen (secondary N) is 1. The van der Waals surface area contributed by atoms with E-state index in [0.717, 1.165) is 6.61 Å². The van der Waals surface area contributed by atoms with Crippen molar-refractivity contribution in [3.05, 3.63) is 0 Å². The molecule has 3 rings (SSSR count). The van der Waals surface area contributed by atoms with Crippen molar-refractivity contribution in [2.75, 3.05) is 26.2 Å². The quantitative estimate of drug-likeness (QED) is 0.849. The van der Waals surface area contributed by atoms with Gasteiger partial charge in [0, 0.05) is 37.8 Å². The van der Waals surface area contributed by atoms with Gasteiger partial charge in [0.1, 0.15) is 0 Å². The van der Waals surface area contributed by atoms with E-state index in [1.807, 2.05) is 0 Å². The van der Waals surface area contributed by atoms with Crippen LogP contribution in [-0.4, -0.2) is 48.8 Å². The normalized spacial score (nSPS) is 35.8. The maximum Gasteiger partial charge on any atom is 0.0703 e. The van der Waals surface area contributed by atoms with E-state index < -0.39 is 0 Å². The Labute approximate surface area is 118 Å². The Morgan fingerprint density at radius 3 is 2.74 bits per heavy atom. The van der Waals surface area contributed by atoms with Crippen LogP contribution in [0.15, 0.2) is 0 Å². The molecular formula is C16H30N2O. The van der Waals surface area contributed by atoms with Gasteiger partial charge in [-0.25, -0.2) is 0 Å². The third-order valence-electron chi connectivity index (χ3n) is 5.56. The molecule has 110 valence electrons. The van der Waals surface area contributed by atoms with Gasteiger partial charge in [0.25, 0.3) is 0 Å². The summed E-state index contributed by atoms with van der Waals surface area (Å²) in [6, 6.07) is 0.689. The van der Waals surface area contributed by atoms with Crippen LogP contribution in [0.2, 0.25) is 0 Å². The number of piperazine rings is 1. The molecule has 1 N–H and O–H groups in total. The van der Waals surface area contributed by atoms with E-state index in [0.29, 0.717) is 17.7 Å². The van der Waals surface area contributed by atoms with Gasteiger partial charge in [0.2, 0.25) is 0 Å². The zero-order valence-corrected chi connectivity index (χ0v) is 12.5. The smallest absolute Gasteiger partial charge is 0.0703 e. The summed E-state index contributed by atoms with van der Waals surface area (Å²) >= 11 is 0. The molecule has 2 atom stereocenters. The van der Waals surface area contributed by atoms with Crippen molar-refractivity contribution in [3.8, 4) is 0 Å². The molecule has 3 heteroatoms. The van der Waals surface area contributed by atoms with Crippen molar-refractivity contribution >= 4 is 0 Å². The van der Waals surface area contributed by atoms with Gasteiger partial charge in [-0.05, 0) is 32.1 Å². The molecule has 2 aliphatic heterocycles. The number of rotatable bonds is 3. The first-order chi connectivity index (χ1) is 9.32. The van der Waals surface area contributed by atoms with Gasteiger partial charge in [0.15, 0.2) is 0 Å². The van der Waals surface area contributed by atoms with Crippen molar-refractivity contribution < 1.29 is 4.74 Å². The van der Waals surface area contributed by atoms with Gasteiger partial charge in [-0.3, -0.25) is 4.90 Å². The summed E-state index contributed by atoms with van der Waals surface area (Å²) < 4.78 is 5.90. The minimum atomic E-state index is 0.454. The van der Waals surface area contributed by atoms with Crippen molar-refractivity contribution in [2.45, 2.75) is 76.0 Å². The molecule has 2 heterocycles. The van der Waals surface area contributed by atoms with Gasteiger partial charge in [-0.2, -0.15) is 0 Å². The van der Waals surface area contributed by atoms with Gasteiger partial charge >= 0.3 is 0 Å². The number of hydrogen-bond donors (Lipinski definition) is 1. The molecule has 1 aliphatic carbocycles. The monoisotopic (exact) mass is 266 g/mol. The largest absolute Gasteiger partial charge is 0.377 e. The van der Waals surface area contributed by atoms with Crippen molar-refractivity contribution in [1.82, 2.24) is 10.2 Å². The van der Waals surface area contributed by atoms with E-state index in [-0.39, 0.29) is 0 Å². The van der Waals surface area contributed by atoms with Gasteiger partial charge in [-0.15, -0.1) is 0 Å². The zero-order valence-electron chi connectivity index (χ0n) is 12.5. The first-order valence-electron chi connectivity index (χ1n) is 8.42. The van der Waals surface area contributed by atoms with Crippen molar-refractivity contribution in [2.24, 2.45) is 0 Å². The standard InChI is InChI=1S/C16H30N2O/c1-2-14-11-18(12-15-7-6-10-19-15)16(13-17-14)8-4-3-5-9-16/h14-15,17H,2-13H2,1H3. The minimum absolute atomic E-state index is 0.454. The maximum absolute atomic E-state index is 5.90. The van der Waals surface area contributed by atoms with E-state index >= 15 is 0 Å². The molecule has 0 aromatic carbocycles. The second kappa shape index (κ2) is 6.11. The third-order valence-corrected chi connectivity index (χ3v) is 5.56. The molecule has 0 radical (unpaired) electrons. The van der Waals surface area contributed by atoms with Gasteiger partial charge < -0.3 is 10.1 Å². The van der Waals surface area contributed by atoms with Crippen molar-refractivity contribution in [3.63, 3.8) is 0 Å². The predicted octanol–water partition coefficient (Wildman–Crippen LogP) is 2.55. The van der Waals surface area contributed by atoms with Crippen LogP contribution in [0.3, 0.4) is 0 Å². The number of hydrogen-bond acceptors (Lipinski definition) is 3. The molecule has 2 unspecified atom stereocenters. The zero-order chi connectivity index (χ0) is 13.1. The molecular weight excluding hydrogens is 236 g/mol. The molecule has 3 fully saturated rings. The predicted molar refractivity (Wildman–Crippen MR) is 78.4 cm³/mol. The highest BCUT2D eigenvalue weighted by atomic mass is 16.5. The summed E-state index contributed by atoms with van der Waals surface area (Å²) in [6.45, 7) is 6.91. The topological polar surface area (TPSA) is 24.5 Å². The summed E-state index contributed by atoms with van der Waals surface area (Å²) in [6.07, 6.45) is 11.4. The first-order valence-corrected chi connectivity index (χ1v) is 8.42. The van der Waals surface area contributed by atoms with Crippen LogP contribution < -0.4 is 5.32 Å². The maximum atomic E-state index is 5.90. The Kier molecular flexibility index (Phi) is 4.45. The summed E-state index contributed by atoms with van der Waals surface area (Å²) in [5.41, 5.74) is 0.454. The second-order valence-electron chi connectivity index (χ2n) is 6.81. The fourth-order valence-corrected chi connectivity index (χ4v) is 4.25. The first kappa shape index (κ1) is 13.8. The van der Waals surface area contributed by atoms with Crippen LogP contribution in [0, 0.1) is 0 Å². The Hall–Kier alpha value is -0.120. The van der Waals surface area contributed by atoms with Crippen molar-refractivity contribution in [1.29, 1.82) is 0 Å². The molecule has 0 aromatic rings. The molecule has 0 bridgehead atoms. The highest BCUT2D eigenvalue weighted by Crippen LogP contribution is 2.36. The summed E-state index contributed by atoms with van der Waals surface area (Å²) in [5, 5.41) is 3.80. The molecule has 3 nitrogen and oxygen atoms in total. The lowest BCUT2D eigenvalue weighted by Gasteiger charge is -2.52. The average molecular weight is 266 g/mol. The van der Waals surface area contributed by atoms with Crippen LogP contribution in [0.1, 0.15) is 58.3 Å². The molecule has 0 amide bonds. The van der Waals surface area contributed by atoms with E-state index in [9.17, 15) is 0 Å². The molecule has 19 heavy (non-hydrogen) atoms. The molecule has 0 aromatic heterocycles. The minimum Gasteiger partial charge on any atom is -0.377 e. The Balaban J connectivity index is 1.68. The van der Waals surface area contributed by atoms with E-state index in [1.165, 1.54) is 71.0 Å². The number of nitrogens with zero attached hydrogens (tertiary/aromatic N) is 1. The molecule has 1 spiro atoms. The Morgan fingerprint density at radius 1 is 1.21 bits per heavy atom. The molecule has 1 saturated carbocycles. The van der Waals surface area contributed by atoms with Crippen LogP contribution >= 0.6 is 0 Å². The third kappa shape index (κ3) is 2.98. The highest BCUT2D eigenvalue weighted by Gasteiger charge is 2.42. The molecule has 2 saturated heterocycles. The molecule has 3 aliphatic rings. The lowest BCUT2D eigenvalue weighted by Crippen LogP contribution is -2.66. The van der Waals surface area contributed by atoms with E-state index in [1.54, 1.807) is 0 Å². The summed E-state index contributed by atoms with van der Waals surface area (Å²) in [7, 11) is 0. The van der Waals surface area contributed by atoms with Gasteiger partial charge in [-0.1, -0.05) is 26.2 Å². The fraction of sp³-hybridized carbons (Fsp3) is 1.00. The highest BCUT2D eigenvalue weighted by molar-refractivity contribution is 5.01. The summed E-state index contributed by atoms with van der Waals surface area (Å²) in [4.78, 5) is 2.81. The summed E-state index contributed by atoms with van der Waals surface area (Å²) in [5.74, 6) is 0. The fourth-order valence-electron chi connectivity index (χ4n) is 4.25. The SMILES string of the molecule is CCC1CN(CC2CCCO2)C2(CCCCC2)CN1. The Morgan fingerprint density at radius 2 is 2.05 bits per heavy atom. The average Bonchev–Trinajstić information content (AvgIpc) is 2.95.